The van der Waals surface area contributed by atoms with Crippen LogP contribution < -0.4 is 14.2 Å². The zero-order valence-corrected chi connectivity index (χ0v) is 23.1. The number of hydrogen-bond acceptors (Lipinski definition) is 8. The molecule has 1 aliphatic heterocycles. The average Bonchev–Trinajstić information content (AvgIpc) is 3.45. The van der Waals surface area contributed by atoms with Gasteiger partial charge in [-0.2, -0.15) is 8.78 Å². The number of hydrogen-bond donors (Lipinski definition) is 1. The molecule has 1 amide bonds. The second kappa shape index (κ2) is 11.4. The van der Waals surface area contributed by atoms with E-state index in [9.17, 15) is 22.0 Å². The molecule has 3 heterocycles. The molecule has 214 valence electrons. The number of fused-ring (bicyclic) bond motifs is 1. The monoisotopic (exact) mass is 583 g/mol. The van der Waals surface area contributed by atoms with Gasteiger partial charge in [-0.25, -0.2) is 18.1 Å². The van der Waals surface area contributed by atoms with E-state index in [-0.39, 0.29) is 35.0 Å². The molecule has 0 unspecified atom stereocenters. The minimum absolute atomic E-state index is 0.105. The lowest BCUT2D eigenvalue weighted by Gasteiger charge is -2.29. The van der Waals surface area contributed by atoms with Crippen LogP contribution in [0, 0.1) is 6.92 Å². The van der Waals surface area contributed by atoms with E-state index in [1.54, 1.807) is 49.4 Å². The molecule has 0 saturated carbocycles. The number of pyridine rings is 2. The summed E-state index contributed by atoms with van der Waals surface area (Å²) in [5, 5.41) is 0.361. The van der Waals surface area contributed by atoms with Gasteiger partial charge < -0.3 is 14.2 Å². The maximum absolute atomic E-state index is 13.9. The van der Waals surface area contributed by atoms with Crippen LogP contribution in [-0.4, -0.2) is 37.5 Å². The Morgan fingerprint density at radius 3 is 2.68 bits per heavy atom. The SMILES string of the molecule is CCc1ccc(Oc2cccnc2OC(F)F)c([C@@]2(C(=O)NS(=O)(=O)c3cccc4nc(C)ccc34)CCCO2)c1. The number of carbonyl (C=O) groups is 1. The fraction of sp³-hybridized carbons (Fsp3) is 0.276. The number of carbonyl (C=O) groups excluding carboxylic acids is 1. The van der Waals surface area contributed by atoms with E-state index in [1.807, 2.05) is 6.92 Å². The van der Waals surface area contributed by atoms with E-state index in [4.69, 9.17) is 9.47 Å². The van der Waals surface area contributed by atoms with Gasteiger partial charge in [-0.05, 0) is 80.3 Å². The zero-order chi connectivity index (χ0) is 29.2. The van der Waals surface area contributed by atoms with Crippen molar-refractivity contribution in [1.29, 1.82) is 0 Å². The van der Waals surface area contributed by atoms with Crippen molar-refractivity contribution >= 4 is 26.8 Å². The largest absolute Gasteiger partial charge is 0.451 e. The molecule has 0 spiro atoms. The summed E-state index contributed by atoms with van der Waals surface area (Å²) < 4.78 is 71.8. The van der Waals surface area contributed by atoms with Gasteiger partial charge in [0.25, 0.3) is 21.8 Å². The van der Waals surface area contributed by atoms with E-state index < -0.39 is 34.0 Å². The Bertz CT molecular complexity index is 1710. The Labute approximate surface area is 235 Å². The van der Waals surface area contributed by atoms with Crippen molar-refractivity contribution in [2.45, 2.75) is 50.2 Å². The van der Waals surface area contributed by atoms with Crippen molar-refractivity contribution < 1.29 is 36.2 Å². The van der Waals surface area contributed by atoms with Gasteiger partial charge in [0, 0.05) is 29.4 Å². The average molecular weight is 584 g/mol. The molecule has 2 aromatic carbocycles. The van der Waals surface area contributed by atoms with Crippen molar-refractivity contribution in [3.8, 4) is 17.4 Å². The van der Waals surface area contributed by atoms with Crippen molar-refractivity contribution in [1.82, 2.24) is 14.7 Å². The van der Waals surface area contributed by atoms with Gasteiger partial charge in [0.1, 0.15) is 5.75 Å². The fourth-order valence-corrected chi connectivity index (χ4v) is 6.06. The molecule has 1 aliphatic rings. The number of benzene rings is 2. The fourth-order valence-electron chi connectivity index (χ4n) is 4.82. The molecule has 0 radical (unpaired) electrons. The van der Waals surface area contributed by atoms with Crippen LogP contribution >= 0.6 is 0 Å². The normalized spacial score (nSPS) is 17.1. The van der Waals surface area contributed by atoms with Crippen molar-refractivity contribution in [2.24, 2.45) is 0 Å². The van der Waals surface area contributed by atoms with E-state index in [1.165, 1.54) is 24.4 Å². The molecule has 4 aromatic rings. The molecule has 0 aliphatic carbocycles. The molecule has 1 N–H and O–H groups in total. The first kappa shape index (κ1) is 28.4. The van der Waals surface area contributed by atoms with Gasteiger partial charge in [0.2, 0.25) is 0 Å². The lowest BCUT2D eigenvalue weighted by Crippen LogP contribution is -2.46. The first-order valence-corrected chi connectivity index (χ1v) is 14.4. The molecular weight excluding hydrogens is 556 g/mol. The Morgan fingerprint density at radius 2 is 1.95 bits per heavy atom. The number of amides is 1. The maximum Gasteiger partial charge on any atom is 0.388 e. The topological polar surface area (TPSA) is 117 Å². The summed E-state index contributed by atoms with van der Waals surface area (Å²) >= 11 is 0. The first-order valence-electron chi connectivity index (χ1n) is 12.9. The minimum atomic E-state index is -4.36. The van der Waals surface area contributed by atoms with E-state index in [2.05, 4.69) is 19.4 Å². The summed E-state index contributed by atoms with van der Waals surface area (Å²) in [7, 11) is -4.36. The van der Waals surface area contributed by atoms with Crippen LogP contribution in [-0.2, 0) is 31.6 Å². The van der Waals surface area contributed by atoms with Crippen LogP contribution in [0.2, 0.25) is 0 Å². The molecule has 1 saturated heterocycles. The molecule has 0 bridgehead atoms. The van der Waals surface area contributed by atoms with Gasteiger partial charge in [-0.3, -0.25) is 9.78 Å². The standard InChI is InChI=1S/C29H27F2N3O6S/c1-3-19-11-13-23(39-24-8-5-15-32-26(24)40-28(30)31)21(17-19)29(14-6-16-38-29)27(35)34-41(36,37)25-9-4-7-22-20(25)12-10-18(2)33-22/h4-5,7-13,15,17,28H,3,6,14,16H2,1-2H3,(H,34,35)/t29-/m1/s1. The number of ether oxygens (including phenoxy) is 3. The molecular formula is C29H27F2N3O6S. The predicted molar refractivity (Wildman–Crippen MR) is 145 cm³/mol. The number of alkyl halides is 2. The Kier molecular flexibility index (Phi) is 7.87. The van der Waals surface area contributed by atoms with Gasteiger partial charge in [-0.1, -0.05) is 19.1 Å². The van der Waals surface area contributed by atoms with Crippen LogP contribution in [0.4, 0.5) is 8.78 Å². The summed E-state index contributed by atoms with van der Waals surface area (Å²) in [5.74, 6) is -1.35. The molecule has 9 nitrogen and oxygen atoms in total. The summed E-state index contributed by atoms with van der Waals surface area (Å²) in [4.78, 5) is 22.0. The summed E-state index contributed by atoms with van der Waals surface area (Å²) in [6.07, 6.45) is 2.49. The number of halogens is 2. The maximum atomic E-state index is 13.9. The molecule has 2 aromatic heterocycles. The highest BCUT2D eigenvalue weighted by molar-refractivity contribution is 7.90. The second-order valence-electron chi connectivity index (χ2n) is 9.46. The molecule has 1 fully saturated rings. The highest BCUT2D eigenvalue weighted by Crippen LogP contribution is 2.44. The quantitative estimate of drug-likeness (QED) is 0.278. The van der Waals surface area contributed by atoms with Crippen LogP contribution in [0.15, 0.2) is 71.8 Å². The predicted octanol–water partition coefficient (Wildman–Crippen LogP) is 5.41. The number of rotatable bonds is 9. The van der Waals surface area contributed by atoms with E-state index in [0.29, 0.717) is 29.4 Å². The number of aromatic nitrogens is 2. The number of nitrogens with one attached hydrogen (secondary N) is 1. The number of sulfonamides is 1. The Morgan fingerprint density at radius 1 is 1.12 bits per heavy atom. The van der Waals surface area contributed by atoms with Gasteiger partial charge >= 0.3 is 6.61 Å². The number of nitrogens with zero attached hydrogens (tertiary/aromatic N) is 2. The van der Waals surface area contributed by atoms with Gasteiger partial charge in [0.05, 0.1) is 10.4 Å². The smallest absolute Gasteiger partial charge is 0.388 e. The summed E-state index contributed by atoms with van der Waals surface area (Å²) in [5.41, 5.74) is 0.525. The molecule has 1 atom stereocenters. The van der Waals surface area contributed by atoms with Gasteiger partial charge in [-0.15, -0.1) is 0 Å². The van der Waals surface area contributed by atoms with Crippen molar-refractivity contribution in [3.05, 3.63) is 83.7 Å². The van der Waals surface area contributed by atoms with Gasteiger partial charge in [0.15, 0.2) is 11.4 Å². The lowest BCUT2D eigenvalue weighted by atomic mass is 9.88. The lowest BCUT2D eigenvalue weighted by molar-refractivity contribution is -0.140. The van der Waals surface area contributed by atoms with Crippen molar-refractivity contribution in [2.75, 3.05) is 6.61 Å². The third kappa shape index (κ3) is 5.70. The minimum Gasteiger partial charge on any atom is -0.451 e. The highest BCUT2D eigenvalue weighted by Gasteiger charge is 2.48. The zero-order valence-electron chi connectivity index (χ0n) is 22.3. The first-order chi connectivity index (χ1) is 19.6. The van der Waals surface area contributed by atoms with Crippen LogP contribution in [0.5, 0.6) is 17.4 Å². The summed E-state index contributed by atoms with van der Waals surface area (Å²) in [6, 6.07) is 15.9. The van der Waals surface area contributed by atoms with Crippen LogP contribution in [0.3, 0.4) is 0 Å². The van der Waals surface area contributed by atoms with Crippen molar-refractivity contribution in [3.63, 3.8) is 0 Å². The molecule has 41 heavy (non-hydrogen) atoms. The third-order valence-corrected chi connectivity index (χ3v) is 8.17. The van der Waals surface area contributed by atoms with Crippen LogP contribution in [0.1, 0.15) is 36.6 Å². The molecule has 12 heteroatoms. The Balaban J connectivity index is 1.56. The highest BCUT2D eigenvalue weighted by atomic mass is 32.2. The number of aryl methyl sites for hydroxylation is 2. The Hall–Kier alpha value is -4.16. The second-order valence-corrected chi connectivity index (χ2v) is 11.1. The molecule has 5 rings (SSSR count). The summed E-state index contributed by atoms with van der Waals surface area (Å²) in [6.45, 7) is 0.760. The van der Waals surface area contributed by atoms with E-state index >= 15 is 0 Å². The van der Waals surface area contributed by atoms with Crippen LogP contribution in [0.25, 0.3) is 10.9 Å². The third-order valence-electron chi connectivity index (χ3n) is 6.78. The van der Waals surface area contributed by atoms with E-state index in [0.717, 1.165) is 5.56 Å².